The Kier molecular flexibility index (Phi) is 5.26. The number of anilines is 1. The molecule has 0 spiro atoms. The smallest absolute Gasteiger partial charge is 0.222 e. The number of methoxy groups -OCH3 is 1. The summed E-state index contributed by atoms with van der Waals surface area (Å²) < 4.78 is 13.9. The first kappa shape index (κ1) is 21.1. The van der Waals surface area contributed by atoms with Gasteiger partial charge in [-0.25, -0.2) is 9.97 Å². The van der Waals surface area contributed by atoms with E-state index in [1.54, 1.807) is 7.11 Å². The summed E-state index contributed by atoms with van der Waals surface area (Å²) >= 11 is 0. The zero-order chi connectivity index (χ0) is 22.5. The van der Waals surface area contributed by atoms with E-state index in [-0.39, 0.29) is 5.91 Å². The Morgan fingerprint density at radius 3 is 2.78 bits per heavy atom. The van der Waals surface area contributed by atoms with Crippen LogP contribution in [0.15, 0.2) is 30.6 Å². The third-order valence-electron chi connectivity index (χ3n) is 6.85. The predicted octanol–water partition coefficient (Wildman–Crippen LogP) is 4.60. The van der Waals surface area contributed by atoms with Crippen molar-refractivity contribution in [1.82, 2.24) is 14.5 Å². The first-order valence-corrected chi connectivity index (χ1v) is 11.3. The van der Waals surface area contributed by atoms with Gasteiger partial charge in [0.05, 0.1) is 29.7 Å². The number of carbonyl (C=O) groups is 1. The number of carbonyl (C=O) groups excluding carboxylic acids is 1. The molecule has 2 fully saturated rings. The van der Waals surface area contributed by atoms with Crippen molar-refractivity contribution in [2.75, 3.05) is 25.6 Å². The number of ether oxygens (including phenoxy) is 2. The maximum atomic E-state index is 11.6. The zero-order valence-corrected chi connectivity index (χ0v) is 19.1. The second-order valence-electron chi connectivity index (χ2n) is 9.36. The zero-order valence-electron chi connectivity index (χ0n) is 19.1. The van der Waals surface area contributed by atoms with E-state index < -0.39 is 5.60 Å². The number of aryl methyl sites for hydroxylation is 1. The SMILES string of the molecule is CO[C@@]1(c2cc(C)cc(-c3cn(C4CC(C)C4)c4cnc(NC(C)=O)cc34)n2)CCOC1. The van der Waals surface area contributed by atoms with Crippen molar-refractivity contribution in [3.05, 3.63) is 41.9 Å². The molecule has 0 unspecified atom stereocenters. The van der Waals surface area contributed by atoms with E-state index in [4.69, 9.17) is 14.5 Å². The summed E-state index contributed by atoms with van der Waals surface area (Å²) in [4.78, 5) is 21.2. The van der Waals surface area contributed by atoms with Crippen molar-refractivity contribution < 1.29 is 14.3 Å². The highest BCUT2D eigenvalue weighted by atomic mass is 16.5. The third kappa shape index (κ3) is 3.59. The topological polar surface area (TPSA) is 78.3 Å². The summed E-state index contributed by atoms with van der Waals surface area (Å²) in [6, 6.07) is 6.63. The maximum Gasteiger partial charge on any atom is 0.222 e. The largest absolute Gasteiger partial charge is 0.378 e. The van der Waals surface area contributed by atoms with Crippen LogP contribution in [0.3, 0.4) is 0 Å². The Morgan fingerprint density at radius 1 is 1.31 bits per heavy atom. The molecule has 0 bridgehead atoms. The predicted molar refractivity (Wildman–Crippen MR) is 124 cm³/mol. The molecular weight excluding hydrogens is 404 g/mol. The van der Waals surface area contributed by atoms with Crippen molar-refractivity contribution >= 4 is 22.6 Å². The van der Waals surface area contributed by atoms with Crippen LogP contribution >= 0.6 is 0 Å². The average Bonchev–Trinajstić information content (AvgIpc) is 3.36. The minimum Gasteiger partial charge on any atom is -0.378 e. The van der Waals surface area contributed by atoms with Crippen molar-refractivity contribution in [3.8, 4) is 11.3 Å². The lowest BCUT2D eigenvalue weighted by Crippen LogP contribution is -2.30. The lowest BCUT2D eigenvalue weighted by Gasteiger charge is -2.34. The quantitative estimate of drug-likeness (QED) is 0.635. The second kappa shape index (κ2) is 7.98. The molecule has 0 aromatic carbocycles. The Balaban J connectivity index is 1.66. The van der Waals surface area contributed by atoms with Gasteiger partial charge in [-0.05, 0) is 49.4 Å². The number of nitrogens with one attached hydrogen (secondary N) is 1. The van der Waals surface area contributed by atoms with Gasteiger partial charge in [0.1, 0.15) is 11.4 Å². The van der Waals surface area contributed by atoms with Crippen molar-refractivity contribution in [3.63, 3.8) is 0 Å². The van der Waals surface area contributed by atoms with Gasteiger partial charge in [0.25, 0.3) is 0 Å². The molecule has 5 rings (SSSR count). The molecule has 1 aliphatic heterocycles. The number of pyridine rings is 2. The van der Waals surface area contributed by atoms with Crippen LogP contribution in [0, 0.1) is 12.8 Å². The lowest BCUT2D eigenvalue weighted by atomic mass is 9.81. The number of nitrogens with zero attached hydrogens (tertiary/aromatic N) is 3. The molecule has 4 heterocycles. The fourth-order valence-electron chi connectivity index (χ4n) is 5.04. The number of hydrogen-bond donors (Lipinski definition) is 1. The highest BCUT2D eigenvalue weighted by Crippen LogP contribution is 2.43. The third-order valence-corrected chi connectivity index (χ3v) is 6.85. The lowest BCUT2D eigenvalue weighted by molar-refractivity contribution is -0.114. The first-order chi connectivity index (χ1) is 15.4. The molecule has 1 aliphatic carbocycles. The van der Waals surface area contributed by atoms with E-state index in [2.05, 4.69) is 47.0 Å². The van der Waals surface area contributed by atoms with Gasteiger partial charge in [0.2, 0.25) is 5.91 Å². The molecule has 1 amide bonds. The van der Waals surface area contributed by atoms with Gasteiger partial charge in [0, 0.05) is 50.2 Å². The molecule has 1 N–H and O–H groups in total. The Labute approximate surface area is 188 Å². The van der Waals surface area contributed by atoms with E-state index in [1.165, 1.54) is 6.92 Å². The standard InChI is InChI=1S/C25H30N4O3/c1-15-7-18(8-15)29-13-20(19-11-24(27-17(3)30)26-12-22(19)29)21-9-16(2)10-23(28-21)25(31-4)5-6-32-14-25/h9-13,15,18H,5-8,14H2,1-4H3,(H,26,27,30)/t15?,18?,25-/m0/s1. The van der Waals surface area contributed by atoms with E-state index >= 15 is 0 Å². The summed E-state index contributed by atoms with van der Waals surface area (Å²) in [6.45, 7) is 7.06. The molecule has 7 heteroatoms. The van der Waals surface area contributed by atoms with Crippen molar-refractivity contribution in [1.29, 1.82) is 0 Å². The van der Waals surface area contributed by atoms with Crippen molar-refractivity contribution in [2.45, 2.75) is 51.7 Å². The monoisotopic (exact) mass is 434 g/mol. The molecule has 168 valence electrons. The van der Waals surface area contributed by atoms with Crippen LogP contribution in [0.4, 0.5) is 5.82 Å². The molecule has 3 aromatic heterocycles. The van der Waals surface area contributed by atoms with Crippen LogP contribution in [0.5, 0.6) is 0 Å². The van der Waals surface area contributed by atoms with Crippen LogP contribution in [0.1, 0.15) is 50.4 Å². The fourth-order valence-corrected chi connectivity index (χ4v) is 5.04. The normalized spacial score (nSPS) is 25.1. The maximum absolute atomic E-state index is 11.6. The summed E-state index contributed by atoms with van der Waals surface area (Å²) in [7, 11) is 1.73. The van der Waals surface area contributed by atoms with Gasteiger partial charge in [-0.2, -0.15) is 0 Å². The molecule has 32 heavy (non-hydrogen) atoms. The van der Waals surface area contributed by atoms with Crippen LogP contribution in [0.2, 0.25) is 0 Å². The molecule has 1 saturated heterocycles. The molecule has 0 radical (unpaired) electrons. The molecule has 1 atom stereocenters. The number of rotatable bonds is 5. The summed E-state index contributed by atoms with van der Waals surface area (Å²) in [5.74, 6) is 1.15. The van der Waals surface area contributed by atoms with Gasteiger partial charge in [-0.15, -0.1) is 0 Å². The Bertz CT molecular complexity index is 1170. The highest BCUT2D eigenvalue weighted by Gasteiger charge is 2.39. The van der Waals surface area contributed by atoms with Crippen LogP contribution < -0.4 is 5.32 Å². The van der Waals surface area contributed by atoms with Gasteiger partial charge in [-0.3, -0.25) is 4.79 Å². The minimum absolute atomic E-state index is 0.134. The molecule has 1 saturated carbocycles. The molecule has 3 aromatic rings. The number of aromatic nitrogens is 3. The second-order valence-corrected chi connectivity index (χ2v) is 9.36. The highest BCUT2D eigenvalue weighted by molar-refractivity contribution is 5.98. The molecule has 2 aliphatic rings. The van der Waals surface area contributed by atoms with Crippen LogP contribution in [-0.2, 0) is 19.9 Å². The summed E-state index contributed by atoms with van der Waals surface area (Å²) in [6.07, 6.45) is 7.18. The van der Waals surface area contributed by atoms with E-state index in [1.807, 2.05) is 12.3 Å². The van der Waals surface area contributed by atoms with Gasteiger partial charge in [-0.1, -0.05) is 6.92 Å². The van der Waals surface area contributed by atoms with Crippen LogP contribution in [-0.4, -0.2) is 40.8 Å². The van der Waals surface area contributed by atoms with E-state index in [0.717, 1.165) is 58.6 Å². The number of fused-ring (bicyclic) bond motifs is 1. The average molecular weight is 435 g/mol. The number of amides is 1. The van der Waals surface area contributed by atoms with Gasteiger partial charge >= 0.3 is 0 Å². The van der Waals surface area contributed by atoms with Gasteiger partial charge in [0.15, 0.2) is 0 Å². The van der Waals surface area contributed by atoms with E-state index in [9.17, 15) is 4.79 Å². The Hall–Kier alpha value is -2.77. The first-order valence-electron chi connectivity index (χ1n) is 11.3. The van der Waals surface area contributed by atoms with Gasteiger partial charge < -0.3 is 19.4 Å². The number of hydrogen-bond acceptors (Lipinski definition) is 5. The summed E-state index contributed by atoms with van der Waals surface area (Å²) in [5, 5.41) is 3.86. The minimum atomic E-state index is -0.508. The Morgan fingerprint density at radius 2 is 2.12 bits per heavy atom. The molecule has 7 nitrogen and oxygen atoms in total. The fraction of sp³-hybridized carbons (Fsp3) is 0.480. The van der Waals surface area contributed by atoms with Crippen LogP contribution in [0.25, 0.3) is 22.2 Å². The summed E-state index contributed by atoms with van der Waals surface area (Å²) in [5.41, 5.74) is 4.54. The van der Waals surface area contributed by atoms with Crippen molar-refractivity contribution in [2.24, 2.45) is 5.92 Å². The van der Waals surface area contributed by atoms with E-state index in [0.29, 0.717) is 25.1 Å². The molecular formula is C25H30N4O3.